The van der Waals surface area contributed by atoms with E-state index in [1.165, 1.54) is 0 Å². The third-order valence-electron chi connectivity index (χ3n) is 1.40. The largest absolute Gasteiger partial charge is 0.462 e. The predicted octanol–water partition coefficient (Wildman–Crippen LogP) is 2.20. The fourth-order valence-corrected chi connectivity index (χ4v) is 1.14. The van der Waals surface area contributed by atoms with Crippen molar-refractivity contribution in [1.82, 2.24) is 0 Å². The van der Waals surface area contributed by atoms with Crippen LogP contribution >= 0.6 is 31.9 Å². The van der Waals surface area contributed by atoms with Crippen LogP contribution in [0.1, 0.15) is 12.8 Å². The Labute approximate surface area is 112 Å². The maximum absolute atomic E-state index is 11.0. The molecule has 0 rings (SSSR count). The predicted molar refractivity (Wildman–Crippen MR) is 67.9 cm³/mol. The normalized spacial score (nSPS) is 10.4. The number of carbonyl (C=O) groups is 2. The summed E-state index contributed by atoms with van der Waals surface area (Å²) >= 11 is 6.42. The van der Waals surface area contributed by atoms with Crippen LogP contribution in [0.4, 0.5) is 0 Å². The summed E-state index contributed by atoms with van der Waals surface area (Å²) in [6.45, 7) is 0.681. The van der Waals surface area contributed by atoms with Crippen molar-refractivity contribution in [3.8, 4) is 0 Å². The molecule has 0 spiro atoms. The lowest BCUT2D eigenvalue weighted by atomic mass is 10.5. The van der Waals surface area contributed by atoms with Gasteiger partial charge in [0.1, 0.15) is 0 Å². The van der Waals surface area contributed by atoms with Crippen LogP contribution in [0, 0.1) is 0 Å². The monoisotopic (exact) mass is 356 g/mol. The Morgan fingerprint density at radius 2 is 1.25 bits per heavy atom. The van der Waals surface area contributed by atoms with Crippen LogP contribution in [0.25, 0.3) is 0 Å². The average molecular weight is 358 g/mol. The molecule has 0 saturated heterocycles. The van der Waals surface area contributed by atoms with Crippen molar-refractivity contribution in [3.63, 3.8) is 0 Å². The second-order valence-corrected chi connectivity index (χ2v) is 4.34. The molecule has 0 radical (unpaired) electrons. The molecule has 0 aromatic heterocycles. The standard InChI is InChI=1S/C10H14Br2O4/c11-5-1-7-15-9(13)3-4-10(14)16-8-2-6-12/h3-4H,1-2,5-8H2. The second-order valence-electron chi connectivity index (χ2n) is 2.75. The zero-order chi connectivity index (χ0) is 12.2. The Kier molecular flexibility index (Phi) is 10.9. The van der Waals surface area contributed by atoms with Crippen molar-refractivity contribution in [2.75, 3.05) is 23.9 Å². The fraction of sp³-hybridized carbons (Fsp3) is 0.600. The van der Waals surface area contributed by atoms with E-state index >= 15 is 0 Å². The number of halogens is 2. The molecule has 6 heteroatoms. The first-order valence-electron chi connectivity index (χ1n) is 4.84. The molecule has 0 bridgehead atoms. The van der Waals surface area contributed by atoms with Crippen molar-refractivity contribution < 1.29 is 19.1 Å². The van der Waals surface area contributed by atoms with Gasteiger partial charge in [-0.05, 0) is 12.8 Å². The lowest BCUT2D eigenvalue weighted by molar-refractivity contribution is -0.140. The SMILES string of the molecule is O=C(C=CC(=O)OCCCBr)OCCCBr. The van der Waals surface area contributed by atoms with Crippen LogP contribution in [-0.2, 0) is 19.1 Å². The van der Waals surface area contributed by atoms with Gasteiger partial charge in [0.2, 0.25) is 0 Å². The molecule has 0 aliphatic rings. The van der Waals surface area contributed by atoms with E-state index in [0.717, 1.165) is 35.7 Å². The van der Waals surface area contributed by atoms with Gasteiger partial charge in [0, 0.05) is 22.8 Å². The minimum Gasteiger partial charge on any atom is -0.462 e. The highest BCUT2D eigenvalue weighted by Crippen LogP contribution is 1.92. The Hall–Kier alpha value is -0.360. The van der Waals surface area contributed by atoms with Gasteiger partial charge in [-0.1, -0.05) is 31.9 Å². The van der Waals surface area contributed by atoms with Gasteiger partial charge in [0.15, 0.2) is 0 Å². The van der Waals surface area contributed by atoms with Gasteiger partial charge >= 0.3 is 11.9 Å². The Balaban J connectivity index is 3.63. The first kappa shape index (κ1) is 15.6. The summed E-state index contributed by atoms with van der Waals surface area (Å²) in [7, 11) is 0. The summed E-state index contributed by atoms with van der Waals surface area (Å²) in [4.78, 5) is 22.0. The minimum absolute atomic E-state index is 0.340. The lowest BCUT2D eigenvalue weighted by Crippen LogP contribution is -2.06. The molecule has 0 N–H and O–H groups in total. The third kappa shape index (κ3) is 10.2. The molecule has 0 fully saturated rings. The maximum atomic E-state index is 11.0. The topological polar surface area (TPSA) is 52.6 Å². The van der Waals surface area contributed by atoms with E-state index in [1.54, 1.807) is 0 Å². The summed E-state index contributed by atoms with van der Waals surface area (Å²) in [5, 5.41) is 1.55. The number of hydrogen-bond acceptors (Lipinski definition) is 4. The Morgan fingerprint density at radius 1 is 0.875 bits per heavy atom. The van der Waals surface area contributed by atoms with Crippen molar-refractivity contribution in [3.05, 3.63) is 12.2 Å². The zero-order valence-corrected chi connectivity index (χ0v) is 12.0. The molecule has 0 aliphatic carbocycles. The zero-order valence-electron chi connectivity index (χ0n) is 8.79. The summed E-state index contributed by atoms with van der Waals surface area (Å²) in [6.07, 6.45) is 3.64. The number of ether oxygens (including phenoxy) is 2. The van der Waals surface area contributed by atoms with Gasteiger partial charge in [-0.3, -0.25) is 0 Å². The summed E-state index contributed by atoms with van der Waals surface area (Å²) < 4.78 is 9.57. The number of alkyl halides is 2. The molecular formula is C10H14Br2O4. The quantitative estimate of drug-likeness (QED) is 0.289. The van der Waals surface area contributed by atoms with Crippen LogP contribution < -0.4 is 0 Å². The smallest absolute Gasteiger partial charge is 0.331 e. The number of esters is 2. The molecular weight excluding hydrogens is 344 g/mol. The molecule has 0 amide bonds. The van der Waals surface area contributed by atoms with Gasteiger partial charge in [-0.2, -0.15) is 0 Å². The second kappa shape index (κ2) is 11.1. The van der Waals surface area contributed by atoms with Gasteiger partial charge in [0.25, 0.3) is 0 Å². The molecule has 4 nitrogen and oxygen atoms in total. The number of rotatable bonds is 8. The van der Waals surface area contributed by atoms with Crippen molar-refractivity contribution in [2.45, 2.75) is 12.8 Å². The van der Waals surface area contributed by atoms with Crippen molar-refractivity contribution in [2.24, 2.45) is 0 Å². The summed E-state index contributed by atoms with van der Waals surface area (Å²) in [5.74, 6) is -1.06. The van der Waals surface area contributed by atoms with E-state index in [1.807, 2.05) is 0 Å². The van der Waals surface area contributed by atoms with Gasteiger partial charge in [0.05, 0.1) is 13.2 Å². The Morgan fingerprint density at radius 3 is 1.56 bits per heavy atom. The van der Waals surface area contributed by atoms with E-state index in [2.05, 4.69) is 31.9 Å². The maximum Gasteiger partial charge on any atom is 0.331 e. The van der Waals surface area contributed by atoms with Crippen molar-refractivity contribution in [1.29, 1.82) is 0 Å². The first-order chi connectivity index (χ1) is 7.70. The highest BCUT2D eigenvalue weighted by Gasteiger charge is 2.00. The van der Waals surface area contributed by atoms with Gasteiger partial charge in [-0.15, -0.1) is 0 Å². The molecule has 0 atom stereocenters. The van der Waals surface area contributed by atoms with Gasteiger partial charge in [-0.25, -0.2) is 9.59 Å². The molecule has 92 valence electrons. The lowest BCUT2D eigenvalue weighted by Gasteiger charge is -2.00. The van der Waals surface area contributed by atoms with E-state index in [4.69, 9.17) is 9.47 Å². The average Bonchev–Trinajstić information content (AvgIpc) is 2.27. The summed E-state index contributed by atoms with van der Waals surface area (Å²) in [5.41, 5.74) is 0. The van der Waals surface area contributed by atoms with Crippen LogP contribution in [0.5, 0.6) is 0 Å². The first-order valence-corrected chi connectivity index (χ1v) is 7.08. The Bertz CT molecular complexity index is 217. The third-order valence-corrected chi connectivity index (χ3v) is 2.52. The molecule has 0 saturated carbocycles. The van der Waals surface area contributed by atoms with Crippen molar-refractivity contribution >= 4 is 43.8 Å². The van der Waals surface area contributed by atoms with E-state index in [0.29, 0.717) is 13.2 Å². The fourth-order valence-electron chi connectivity index (χ4n) is 0.687. The molecule has 0 aromatic carbocycles. The van der Waals surface area contributed by atoms with E-state index in [-0.39, 0.29) is 0 Å². The number of hydrogen-bond donors (Lipinski definition) is 0. The molecule has 0 unspecified atom stereocenters. The molecule has 0 heterocycles. The number of carbonyl (C=O) groups excluding carboxylic acids is 2. The van der Waals surface area contributed by atoms with Crippen LogP contribution in [0.15, 0.2) is 12.2 Å². The van der Waals surface area contributed by atoms with E-state index < -0.39 is 11.9 Å². The summed E-state index contributed by atoms with van der Waals surface area (Å²) in [6, 6.07) is 0. The van der Waals surface area contributed by atoms with E-state index in [9.17, 15) is 9.59 Å². The van der Waals surface area contributed by atoms with Crippen LogP contribution in [-0.4, -0.2) is 35.8 Å². The minimum atomic E-state index is -0.529. The molecule has 16 heavy (non-hydrogen) atoms. The highest BCUT2D eigenvalue weighted by atomic mass is 79.9. The molecule has 0 aromatic rings. The highest BCUT2D eigenvalue weighted by molar-refractivity contribution is 9.09. The van der Waals surface area contributed by atoms with Crippen LogP contribution in [0.2, 0.25) is 0 Å². The van der Waals surface area contributed by atoms with Crippen LogP contribution in [0.3, 0.4) is 0 Å². The molecule has 0 aliphatic heterocycles. The van der Waals surface area contributed by atoms with Gasteiger partial charge < -0.3 is 9.47 Å².